The van der Waals surface area contributed by atoms with Crippen LogP contribution in [0.15, 0.2) is 0 Å². The van der Waals surface area contributed by atoms with E-state index in [1.165, 1.54) is 0 Å². The normalized spacial score (nSPS) is 37.5. The molecule has 1 unspecified atom stereocenters. The van der Waals surface area contributed by atoms with Gasteiger partial charge in [0.2, 0.25) is 0 Å². The van der Waals surface area contributed by atoms with Gasteiger partial charge < -0.3 is 4.90 Å². The minimum atomic E-state index is -0.604. The van der Waals surface area contributed by atoms with Crippen LogP contribution in [0.4, 0.5) is 4.39 Å². The first-order valence-corrected chi connectivity index (χ1v) is 4.03. The number of rotatable bonds is 0. The minimum Gasteiger partial charge on any atom is -0.303 e. The van der Waals surface area contributed by atoms with Gasteiger partial charge in [0.05, 0.1) is 0 Å². The molecule has 1 aliphatic rings. The van der Waals surface area contributed by atoms with Crippen LogP contribution in [0.2, 0.25) is 0 Å². The van der Waals surface area contributed by atoms with E-state index >= 15 is 0 Å². The number of likely N-dealkylation sites (tertiary alicyclic amines) is 1. The average Bonchev–Trinajstić information content (AvgIpc) is 1.96. The highest BCUT2D eigenvalue weighted by Crippen LogP contribution is 2.18. The smallest absolute Gasteiger partial charge is 0.115 e. The number of hydrogen-bond acceptors (Lipinski definition) is 1. The molecule has 0 aromatic carbocycles. The molecular formula is C8H16FN. The summed E-state index contributed by atoms with van der Waals surface area (Å²) in [5, 5.41) is 0. The van der Waals surface area contributed by atoms with Crippen LogP contribution in [0.1, 0.15) is 19.8 Å². The van der Waals surface area contributed by atoms with E-state index < -0.39 is 6.17 Å². The summed E-state index contributed by atoms with van der Waals surface area (Å²) in [6.45, 7) is 3.69. The Morgan fingerprint density at radius 1 is 1.50 bits per heavy atom. The average molecular weight is 145 g/mol. The summed E-state index contributed by atoms with van der Waals surface area (Å²) < 4.78 is 13.0. The lowest BCUT2D eigenvalue weighted by Gasteiger charge is -2.16. The summed E-state index contributed by atoms with van der Waals surface area (Å²) in [7, 11) is 1.99. The predicted octanol–water partition coefficient (Wildman–Crippen LogP) is 1.69. The summed E-state index contributed by atoms with van der Waals surface area (Å²) in [4.78, 5) is 2.08. The zero-order valence-corrected chi connectivity index (χ0v) is 6.81. The van der Waals surface area contributed by atoms with E-state index in [4.69, 9.17) is 0 Å². The van der Waals surface area contributed by atoms with Crippen LogP contribution in [0.25, 0.3) is 0 Å². The van der Waals surface area contributed by atoms with E-state index in [1.807, 2.05) is 14.0 Å². The molecule has 0 N–H and O–H groups in total. The van der Waals surface area contributed by atoms with E-state index in [0.29, 0.717) is 6.54 Å². The maximum absolute atomic E-state index is 13.0. The third-order valence-corrected chi connectivity index (χ3v) is 2.30. The molecule has 2 atom stereocenters. The van der Waals surface area contributed by atoms with Crippen molar-refractivity contribution in [2.45, 2.75) is 25.9 Å². The van der Waals surface area contributed by atoms with E-state index in [-0.39, 0.29) is 5.92 Å². The van der Waals surface area contributed by atoms with Gasteiger partial charge in [-0.3, -0.25) is 0 Å². The molecule has 1 fully saturated rings. The molecule has 1 aliphatic heterocycles. The fourth-order valence-electron chi connectivity index (χ4n) is 1.43. The van der Waals surface area contributed by atoms with Crippen LogP contribution in [-0.4, -0.2) is 31.2 Å². The largest absolute Gasteiger partial charge is 0.303 e. The second-order valence-electron chi connectivity index (χ2n) is 3.40. The molecule has 0 radical (unpaired) electrons. The molecule has 0 aromatic heterocycles. The molecule has 1 nitrogen and oxygen atoms in total. The highest BCUT2D eigenvalue weighted by Gasteiger charge is 2.20. The quantitative estimate of drug-likeness (QED) is 0.501. The lowest BCUT2D eigenvalue weighted by Crippen LogP contribution is -2.27. The molecule has 0 aliphatic carbocycles. The Morgan fingerprint density at radius 2 is 2.20 bits per heavy atom. The van der Waals surface area contributed by atoms with Crippen molar-refractivity contribution in [3.63, 3.8) is 0 Å². The van der Waals surface area contributed by atoms with Crippen molar-refractivity contribution < 1.29 is 4.39 Å². The topological polar surface area (TPSA) is 3.24 Å². The Bertz CT molecular complexity index is 105. The Balaban J connectivity index is 2.41. The minimum absolute atomic E-state index is 0.268. The summed E-state index contributed by atoms with van der Waals surface area (Å²) in [6, 6.07) is 0. The van der Waals surface area contributed by atoms with Crippen molar-refractivity contribution in [1.29, 1.82) is 0 Å². The van der Waals surface area contributed by atoms with Crippen LogP contribution >= 0.6 is 0 Å². The summed E-state index contributed by atoms with van der Waals surface area (Å²) >= 11 is 0. The van der Waals surface area contributed by atoms with Crippen molar-refractivity contribution in [2.75, 3.05) is 20.1 Å². The Morgan fingerprint density at radius 3 is 2.90 bits per heavy atom. The molecule has 1 rings (SSSR count). The number of hydrogen-bond donors (Lipinski definition) is 0. The van der Waals surface area contributed by atoms with Gasteiger partial charge in [-0.1, -0.05) is 6.92 Å². The van der Waals surface area contributed by atoms with Crippen molar-refractivity contribution in [3.8, 4) is 0 Å². The molecule has 10 heavy (non-hydrogen) atoms. The SMILES string of the molecule is C[C@@H]1CCCN(C)CC1F. The van der Waals surface area contributed by atoms with Gasteiger partial charge in [-0.05, 0) is 32.4 Å². The third-order valence-electron chi connectivity index (χ3n) is 2.30. The molecule has 0 aromatic rings. The fourth-order valence-corrected chi connectivity index (χ4v) is 1.43. The number of nitrogens with zero attached hydrogens (tertiary/aromatic N) is 1. The Hall–Kier alpha value is -0.110. The lowest BCUT2D eigenvalue weighted by atomic mass is 10.0. The maximum Gasteiger partial charge on any atom is 0.115 e. The van der Waals surface area contributed by atoms with Crippen molar-refractivity contribution in [2.24, 2.45) is 5.92 Å². The monoisotopic (exact) mass is 145 g/mol. The van der Waals surface area contributed by atoms with Gasteiger partial charge in [0.25, 0.3) is 0 Å². The second-order valence-corrected chi connectivity index (χ2v) is 3.40. The summed E-state index contributed by atoms with van der Waals surface area (Å²) in [5.74, 6) is 0.268. The number of alkyl halides is 1. The molecule has 0 bridgehead atoms. The molecule has 2 heteroatoms. The van der Waals surface area contributed by atoms with Crippen molar-refractivity contribution in [3.05, 3.63) is 0 Å². The van der Waals surface area contributed by atoms with Gasteiger partial charge in [-0.2, -0.15) is 0 Å². The highest BCUT2D eigenvalue weighted by atomic mass is 19.1. The van der Waals surface area contributed by atoms with Crippen LogP contribution < -0.4 is 0 Å². The first-order chi connectivity index (χ1) is 4.70. The van der Waals surface area contributed by atoms with E-state index in [2.05, 4.69) is 4.90 Å². The first-order valence-electron chi connectivity index (χ1n) is 4.03. The lowest BCUT2D eigenvalue weighted by molar-refractivity contribution is 0.195. The van der Waals surface area contributed by atoms with Gasteiger partial charge in [0.1, 0.15) is 6.17 Å². The molecule has 0 amide bonds. The van der Waals surface area contributed by atoms with E-state index in [0.717, 1.165) is 19.4 Å². The standard InChI is InChI=1S/C8H16FN/c1-7-4-3-5-10(2)6-8(7)9/h7-8H,3-6H2,1-2H3/t7-,8?/m1/s1. The third kappa shape index (κ3) is 1.94. The van der Waals surface area contributed by atoms with Gasteiger partial charge in [0, 0.05) is 6.54 Å². The van der Waals surface area contributed by atoms with E-state index in [1.54, 1.807) is 0 Å². The Kier molecular flexibility index (Phi) is 2.66. The van der Waals surface area contributed by atoms with Crippen LogP contribution in [0, 0.1) is 5.92 Å². The second kappa shape index (κ2) is 3.33. The molecule has 1 heterocycles. The van der Waals surface area contributed by atoms with Gasteiger partial charge in [-0.15, -0.1) is 0 Å². The molecule has 1 saturated heterocycles. The van der Waals surface area contributed by atoms with Gasteiger partial charge >= 0.3 is 0 Å². The zero-order chi connectivity index (χ0) is 7.56. The van der Waals surface area contributed by atoms with Crippen LogP contribution in [0.3, 0.4) is 0 Å². The maximum atomic E-state index is 13.0. The molecule has 60 valence electrons. The molecule has 0 spiro atoms. The van der Waals surface area contributed by atoms with Crippen LogP contribution in [0.5, 0.6) is 0 Å². The molecular weight excluding hydrogens is 129 g/mol. The van der Waals surface area contributed by atoms with Gasteiger partial charge in [-0.25, -0.2) is 4.39 Å². The summed E-state index contributed by atoms with van der Waals surface area (Å²) in [6.07, 6.45) is 1.59. The fraction of sp³-hybridized carbons (Fsp3) is 1.00. The Labute approximate surface area is 62.2 Å². The van der Waals surface area contributed by atoms with Crippen molar-refractivity contribution in [1.82, 2.24) is 4.90 Å². The number of halogens is 1. The summed E-state index contributed by atoms with van der Waals surface area (Å²) in [5.41, 5.74) is 0. The van der Waals surface area contributed by atoms with Gasteiger partial charge in [0.15, 0.2) is 0 Å². The first kappa shape index (κ1) is 7.99. The van der Waals surface area contributed by atoms with Crippen molar-refractivity contribution >= 4 is 0 Å². The van der Waals surface area contributed by atoms with E-state index in [9.17, 15) is 4.39 Å². The van der Waals surface area contributed by atoms with Crippen LogP contribution in [-0.2, 0) is 0 Å². The zero-order valence-electron chi connectivity index (χ0n) is 6.81. The highest BCUT2D eigenvalue weighted by molar-refractivity contribution is 4.73. The predicted molar refractivity (Wildman–Crippen MR) is 40.8 cm³/mol. The molecule has 0 saturated carbocycles.